The van der Waals surface area contributed by atoms with Gasteiger partial charge in [-0.3, -0.25) is 9.48 Å². The van der Waals surface area contributed by atoms with Crippen LogP contribution in [0.4, 0.5) is 0 Å². The monoisotopic (exact) mass is 535 g/mol. The molecule has 1 atom stereocenters. The number of nitrogens with one attached hydrogen (secondary N) is 1. The molecule has 36 heavy (non-hydrogen) atoms. The number of aromatic nitrogens is 3. The predicted octanol–water partition coefficient (Wildman–Crippen LogP) is 4.06. The number of hydrogen-bond donors (Lipinski definition) is 1. The van der Waals surface area contributed by atoms with Crippen LogP contribution in [0.2, 0.25) is 5.02 Å². The van der Waals surface area contributed by atoms with Gasteiger partial charge in [0.1, 0.15) is 18.7 Å². The van der Waals surface area contributed by atoms with E-state index >= 15 is 0 Å². The van der Waals surface area contributed by atoms with Gasteiger partial charge >= 0.3 is 0 Å². The largest absolute Gasteiger partial charge is 0.341 e. The van der Waals surface area contributed by atoms with Crippen LogP contribution in [0.3, 0.4) is 0 Å². The van der Waals surface area contributed by atoms with Crippen molar-refractivity contribution in [2.24, 2.45) is 11.3 Å². The quantitative estimate of drug-likeness (QED) is 0.495. The van der Waals surface area contributed by atoms with E-state index in [0.717, 1.165) is 24.9 Å². The maximum atomic E-state index is 13.7. The predicted molar refractivity (Wildman–Crippen MR) is 141 cm³/mol. The molecule has 8 nitrogen and oxygen atoms in total. The smallest absolute Gasteiger partial charge is 0.241 e. The molecule has 1 saturated heterocycles. The Kier molecular flexibility index (Phi) is 9.06. The fraction of sp³-hybridized carbons (Fsp3) is 0.654. The number of carbonyl (C=O) groups is 1. The van der Waals surface area contributed by atoms with E-state index in [0.29, 0.717) is 36.9 Å². The van der Waals surface area contributed by atoms with Crippen molar-refractivity contribution in [1.29, 1.82) is 0 Å². The normalized spacial score (nSPS) is 19.8. The molecular formula is C26H38ClN5O3S. The lowest BCUT2D eigenvalue weighted by atomic mass is 9.63. The van der Waals surface area contributed by atoms with Crippen molar-refractivity contribution in [1.82, 2.24) is 24.4 Å². The SMILES string of the molecule is CCCS(=O)(=O)NC(Cc1ccc(Cl)cc1)C(=O)N1CCC(Cn2cncn2)(C2CCCCC2)CC1. The van der Waals surface area contributed by atoms with E-state index in [4.69, 9.17) is 11.6 Å². The molecule has 2 heterocycles. The molecular weight excluding hydrogens is 498 g/mol. The number of halogens is 1. The van der Waals surface area contributed by atoms with Crippen molar-refractivity contribution in [2.45, 2.75) is 77.3 Å². The lowest BCUT2D eigenvalue weighted by Crippen LogP contribution is -2.54. The first-order valence-electron chi connectivity index (χ1n) is 13.2. The molecule has 198 valence electrons. The second-order valence-electron chi connectivity index (χ2n) is 10.4. The van der Waals surface area contributed by atoms with Crippen molar-refractivity contribution >= 4 is 27.5 Å². The first kappa shape index (κ1) is 27.1. The second kappa shape index (κ2) is 12.0. The molecule has 1 aliphatic heterocycles. The Balaban J connectivity index is 1.50. The highest BCUT2D eigenvalue weighted by Crippen LogP contribution is 2.47. The number of benzene rings is 1. The zero-order valence-corrected chi connectivity index (χ0v) is 22.7. The molecule has 1 N–H and O–H groups in total. The Labute approximate surface area is 219 Å². The number of likely N-dealkylation sites (tertiary alicyclic amines) is 1. The lowest BCUT2D eigenvalue weighted by Gasteiger charge is -2.48. The molecule has 0 bridgehead atoms. The second-order valence-corrected chi connectivity index (χ2v) is 12.7. The van der Waals surface area contributed by atoms with Gasteiger partial charge in [0.05, 0.1) is 5.75 Å². The first-order chi connectivity index (χ1) is 17.3. The lowest BCUT2D eigenvalue weighted by molar-refractivity contribution is -0.136. The summed E-state index contributed by atoms with van der Waals surface area (Å²) in [5, 5.41) is 4.99. The Morgan fingerprint density at radius 1 is 1.17 bits per heavy atom. The van der Waals surface area contributed by atoms with Gasteiger partial charge in [-0.1, -0.05) is 49.9 Å². The summed E-state index contributed by atoms with van der Waals surface area (Å²) in [4.78, 5) is 19.7. The molecule has 0 radical (unpaired) electrons. The van der Waals surface area contributed by atoms with E-state index in [-0.39, 0.29) is 17.1 Å². The highest BCUT2D eigenvalue weighted by atomic mass is 35.5. The van der Waals surface area contributed by atoms with Crippen molar-refractivity contribution in [2.75, 3.05) is 18.8 Å². The molecule has 2 aliphatic rings. The van der Waals surface area contributed by atoms with Crippen molar-refractivity contribution < 1.29 is 13.2 Å². The molecule has 10 heteroatoms. The molecule has 2 aromatic rings. The van der Waals surface area contributed by atoms with E-state index in [1.165, 1.54) is 32.1 Å². The van der Waals surface area contributed by atoms with Gasteiger partial charge in [-0.05, 0) is 67.6 Å². The highest BCUT2D eigenvalue weighted by Gasteiger charge is 2.44. The molecule has 1 aromatic carbocycles. The number of sulfonamides is 1. The van der Waals surface area contributed by atoms with Gasteiger partial charge in [0.2, 0.25) is 15.9 Å². The summed E-state index contributed by atoms with van der Waals surface area (Å²) in [5.41, 5.74) is 0.954. The standard InChI is InChI=1S/C26H38ClN5O3S/c1-2-16-36(34,35)30-24(17-21-8-10-23(27)11-9-21)25(33)31-14-12-26(13-15-31,18-32-20-28-19-29-32)22-6-4-3-5-7-22/h8-11,19-20,22,24,30H,2-7,12-18H2,1H3. The number of hydrogen-bond acceptors (Lipinski definition) is 5. The van der Waals surface area contributed by atoms with Gasteiger partial charge in [0, 0.05) is 24.7 Å². The minimum absolute atomic E-state index is 0.0000939. The van der Waals surface area contributed by atoms with Crippen LogP contribution in [0.25, 0.3) is 0 Å². The zero-order chi connectivity index (χ0) is 25.6. The first-order valence-corrected chi connectivity index (χ1v) is 15.2. The summed E-state index contributed by atoms with van der Waals surface area (Å²) in [5.74, 6) is 0.461. The van der Waals surface area contributed by atoms with Crippen molar-refractivity contribution in [3.05, 3.63) is 47.5 Å². The van der Waals surface area contributed by atoms with E-state index in [2.05, 4.69) is 14.8 Å². The summed E-state index contributed by atoms with van der Waals surface area (Å²) in [6.45, 7) is 3.88. The summed E-state index contributed by atoms with van der Waals surface area (Å²) in [6, 6.07) is 6.39. The topological polar surface area (TPSA) is 97.2 Å². The summed E-state index contributed by atoms with van der Waals surface area (Å²) in [6.07, 6.45) is 12.2. The summed E-state index contributed by atoms with van der Waals surface area (Å²) in [7, 11) is -3.56. The average molecular weight is 536 g/mol. The van der Waals surface area contributed by atoms with Crippen LogP contribution < -0.4 is 4.72 Å². The van der Waals surface area contributed by atoms with Gasteiger partial charge in [0.25, 0.3) is 0 Å². The summed E-state index contributed by atoms with van der Waals surface area (Å²) < 4.78 is 29.9. The third kappa shape index (κ3) is 6.86. The maximum Gasteiger partial charge on any atom is 0.241 e. The molecule has 1 unspecified atom stereocenters. The Morgan fingerprint density at radius 2 is 1.86 bits per heavy atom. The van der Waals surface area contributed by atoms with Crippen LogP contribution in [0, 0.1) is 11.3 Å². The van der Waals surface area contributed by atoms with E-state index < -0.39 is 16.1 Å². The number of nitrogens with zero attached hydrogens (tertiary/aromatic N) is 4. The van der Waals surface area contributed by atoms with E-state index in [1.807, 2.05) is 28.6 Å². The van der Waals surface area contributed by atoms with Crippen LogP contribution in [0.15, 0.2) is 36.9 Å². The average Bonchev–Trinajstić information content (AvgIpc) is 3.38. The van der Waals surface area contributed by atoms with Crippen LogP contribution >= 0.6 is 11.6 Å². The zero-order valence-electron chi connectivity index (χ0n) is 21.1. The maximum absolute atomic E-state index is 13.7. The van der Waals surface area contributed by atoms with Gasteiger partial charge in [0.15, 0.2) is 0 Å². The fourth-order valence-corrected chi connectivity index (χ4v) is 7.42. The minimum Gasteiger partial charge on any atom is -0.341 e. The van der Waals surface area contributed by atoms with Gasteiger partial charge in [-0.15, -0.1) is 0 Å². The molecule has 1 amide bonds. The van der Waals surface area contributed by atoms with Gasteiger partial charge in [-0.25, -0.2) is 18.1 Å². The Bertz CT molecular complexity index is 1080. The highest BCUT2D eigenvalue weighted by molar-refractivity contribution is 7.89. The fourth-order valence-electron chi connectivity index (χ4n) is 6.02. The Morgan fingerprint density at radius 3 is 2.47 bits per heavy atom. The molecule has 4 rings (SSSR count). The molecule has 0 spiro atoms. The number of amides is 1. The molecule has 1 saturated carbocycles. The van der Waals surface area contributed by atoms with Crippen LogP contribution in [0.5, 0.6) is 0 Å². The van der Waals surface area contributed by atoms with Crippen LogP contribution in [-0.4, -0.2) is 58.9 Å². The van der Waals surface area contributed by atoms with E-state index in [9.17, 15) is 13.2 Å². The number of rotatable bonds is 10. The molecule has 2 fully saturated rings. The summed E-state index contributed by atoms with van der Waals surface area (Å²) >= 11 is 6.02. The van der Waals surface area contributed by atoms with Gasteiger partial charge in [-0.2, -0.15) is 5.10 Å². The van der Waals surface area contributed by atoms with Crippen LogP contribution in [0.1, 0.15) is 63.9 Å². The third-order valence-corrected chi connectivity index (χ3v) is 9.77. The molecule has 1 aliphatic carbocycles. The van der Waals surface area contributed by atoms with E-state index in [1.54, 1.807) is 24.8 Å². The third-order valence-electron chi connectivity index (χ3n) is 7.93. The number of carbonyl (C=O) groups excluding carboxylic acids is 1. The van der Waals surface area contributed by atoms with Crippen molar-refractivity contribution in [3.63, 3.8) is 0 Å². The van der Waals surface area contributed by atoms with Crippen molar-refractivity contribution in [3.8, 4) is 0 Å². The molecule has 1 aromatic heterocycles. The number of piperidine rings is 1. The van der Waals surface area contributed by atoms with Crippen LogP contribution in [-0.2, 0) is 27.8 Å². The Hall–Kier alpha value is -1.97. The minimum atomic E-state index is -3.56. The van der Waals surface area contributed by atoms with Gasteiger partial charge < -0.3 is 4.90 Å².